The van der Waals surface area contributed by atoms with Crippen LogP contribution in [0.3, 0.4) is 0 Å². The van der Waals surface area contributed by atoms with E-state index in [2.05, 4.69) is 0 Å². The largest absolute Gasteiger partial charge is 0.406 e. The number of nitrogens with zero attached hydrogens (tertiary/aromatic N) is 1. The Morgan fingerprint density at radius 2 is 1.84 bits per heavy atom. The van der Waals surface area contributed by atoms with Crippen LogP contribution in [0.4, 0.5) is 13.2 Å². The van der Waals surface area contributed by atoms with Crippen LogP contribution in [-0.4, -0.2) is 47.8 Å². The highest BCUT2D eigenvalue weighted by Gasteiger charge is 2.33. The molecule has 0 fully saturated rings. The van der Waals surface area contributed by atoms with Gasteiger partial charge in [0.15, 0.2) is 0 Å². The van der Waals surface area contributed by atoms with Crippen LogP contribution >= 0.6 is 0 Å². The minimum Gasteiger partial charge on any atom is -0.395 e. The van der Waals surface area contributed by atoms with E-state index < -0.39 is 31.3 Å². The van der Waals surface area contributed by atoms with Crippen molar-refractivity contribution in [2.45, 2.75) is 45.8 Å². The fraction of sp³-hybridized carbons (Fsp3) is 0.917. The van der Waals surface area contributed by atoms with E-state index in [1.54, 1.807) is 0 Å². The summed E-state index contributed by atoms with van der Waals surface area (Å²) in [6, 6.07) is -0.484. The predicted molar refractivity (Wildman–Crippen MR) is 66.4 cm³/mol. The van der Waals surface area contributed by atoms with Crippen LogP contribution in [0.2, 0.25) is 0 Å². The number of carbonyl (C=O) groups is 1. The first-order valence-electron chi connectivity index (χ1n) is 6.15. The Morgan fingerprint density at radius 3 is 2.21 bits per heavy atom. The van der Waals surface area contributed by atoms with Crippen molar-refractivity contribution >= 4 is 5.91 Å². The van der Waals surface area contributed by atoms with Crippen molar-refractivity contribution in [3.8, 4) is 0 Å². The van der Waals surface area contributed by atoms with Gasteiger partial charge in [0.2, 0.25) is 5.91 Å². The molecule has 0 aliphatic rings. The van der Waals surface area contributed by atoms with Gasteiger partial charge < -0.3 is 15.7 Å². The average molecular weight is 284 g/mol. The molecule has 0 aromatic carbocycles. The van der Waals surface area contributed by atoms with Gasteiger partial charge in [0.05, 0.1) is 6.61 Å². The molecule has 19 heavy (non-hydrogen) atoms. The second kappa shape index (κ2) is 7.09. The number of alkyl halides is 3. The lowest BCUT2D eigenvalue weighted by Gasteiger charge is -2.27. The number of amides is 1. The third-order valence-corrected chi connectivity index (χ3v) is 2.40. The number of carbonyl (C=O) groups excluding carboxylic acids is 1. The number of aliphatic hydroxyl groups is 1. The SMILES string of the molecule is CC(C)(C)CC(N)CC(=O)N(CCO)CC(F)(F)F. The summed E-state index contributed by atoms with van der Waals surface area (Å²) in [4.78, 5) is 12.3. The molecule has 0 aromatic rings. The first-order chi connectivity index (χ1) is 8.44. The van der Waals surface area contributed by atoms with E-state index in [-0.39, 0.29) is 18.4 Å². The van der Waals surface area contributed by atoms with Crippen molar-refractivity contribution < 1.29 is 23.1 Å². The molecule has 7 heteroatoms. The number of nitrogens with two attached hydrogens (primary N) is 1. The lowest BCUT2D eigenvalue weighted by Crippen LogP contribution is -2.43. The van der Waals surface area contributed by atoms with Gasteiger partial charge in [-0.3, -0.25) is 4.79 Å². The summed E-state index contributed by atoms with van der Waals surface area (Å²) in [7, 11) is 0. The third-order valence-electron chi connectivity index (χ3n) is 2.40. The van der Waals surface area contributed by atoms with Crippen LogP contribution in [0, 0.1) is 5.41 Å². The Balaban J connectivity index is 4.48. The molecular weight excluding hydrogens is 261 g/mol. The molecule has 4 nitrogen and oxygen atoms in total. The van der Waals surface area contributed by atoms with Crippen LogP contribution in [0.25, 0.3) is 0 Å². The highest BCUT2D eigenvalue weighted by atomic mass is 19.4. The summed E-state index contributed by atoms with van der Waals surface area (Å²) in [6.45, 7) is 3.64. The number of aliphatic hydroxyl groups excluding tert-OH is 1. The summed E-state index contributed by atoms with van der Waals surface area (Å²) in [5, 5.41) is 8.71. The quantitative estimate of drug-likeness (QED) is 0.777. The molecule has 0 rings (SSSR count). The first-order valence-corrected chi connectivity index (χ1v) is 6.15. The average Bonchev–Trinajstić information content (AvgIpc) is 2.11. The molecule has 1 amide bonds. The molecule has 0 aliphatic carbocycles. The molecule has 0 bridgehead atoms. The van der Waals surface area contributed by atoms with E-state index >= 15 is 0 Å². The number of rotatable bonds is 6. The Bertz CT molecular complexity index is 288. The maximum Gasteiger partial charge on any atom is 0.406 e. The summed E-state index contributed by atoms with van der Waals surface area (Å²) in [5.74, 6) is -0.678. The Hall–Kier alpha value is -0.820. The summed E-state index contributed by atoms with van der Waals surface area (Å²) in [6.07, 6.45) is -4.08. The molecule has 1 atom stereocenters. The first kappa shape index (κ1) is 18.2. The molecule has 0 saturated heterocycles. The second-order valence-corrected chi connectivity index (χ2v) is 5.88. The molecule has 0 heterocycles. The van der Waals surface area contributed by atoms with Gasteiger partial charge in [0.1, 0.15) is 6.54 Å². The van der Waals surface area contributed by atoms with Crippen LogP contribution in [0.5, 0.6) is 0 Å². The molecule has 0 spiro atoms. The number of hydrogen-bond donors (Lipinski definition) is 2. The predicted octanol–water partition coefficient (Wildman–Crippen LogP) is 1.52. The van der Waals surface area contributed by atoms with Gasteiger partial charge >= 0.3 is 6.18 Å². The molecule has 114 valence electrons. The summed E-state index contributed by atoms with van der Waals surface area (Å²) >= 11 is 0. The molecule has 1 unspecified atom stereocenters. The zero-order chi connectivity index (χ0) is 15.3. The number of halogens is 3. The van der Waals surface area contributed by atoms with Crippen molar-refractivity contribution in [2.75, 3.05) is 19.7 Å². The van der Waals surface area contributed by atoms with Gasteiger partial charge in [-0.1, -0.05) is 20.8 Å². The van der Waals surface area contributed by atoms with E-state index in [4.69, 9.17) is 10.8 Å². The standard InChI is InChI=1S/C12H23F3N2O2/c1-11(2,3)7-9(16)6-10(19)17(4-5-18)8-12(13,14)15/h9,18H,4-8,16H2,1-3H3. The molecular formula is C12H23F3N2O2. The van der Waals surface area contributed by atoms with Crippen LogP contribution < -0.4 is 5.73 Å². The lowest BCUT2D eigenvalue weighted by molar-refractivity contribution is -0.162. The summed E-state index contributed by atoms with van der Waals surface area (Å²) in [5.41, 5.74) is 5.68. The van der Waals surface area contributed by atoms with Crippen molar-refractivity contribution in [2.24, 2.45) is 11.1 Å². The maximum absolute atomic E-state index is 12.3. The minimum absolute atomic E-state index is 0.0917. The van der Waals surface area contributed by atoms with Gasteiger partial charge in [0, 0.05) is 19.0 Å². The Morgan fingerprint density at radius 1 is 1.32 bits per heavy atom. The Kier molecular flexibility index (Phi) is 6.79. The second-order valence-electron chi connectivity index (χ2n) is 5.88. The smallest absolute Gasteiger partial charge is 0.395 e. The lowest BCUT2D eigenvalue weighted by atomic mass is 9.87. The maximum atomic E-state index is 12.3. The van der Waals surface area contributed by atoms with Gasteiger partial charge in [0.25, 0.3) is 0 Å². The summed E-state index contributed by atoms with van der Waals surface area (Å²) < 4.78 is 36.9. The highest BCUT2D eigenvalue weighted by molar-refractivity contribution is 5.76. The van der Waals surface area contributed by atoms with Gasteiger partial charge in [-0.25, -0.2) is 0 Å². The van der Waals surface area contributed by atoms with Crippen LogP contribution in [0.15, 0.2) is 0 Å². The van der Waals surface area contributed by atoms with Crippen molar-refractivity contribution in [3.05, 3.63) is 0 Å². The fourth-order valence-electron chi connectivity index (χ4n) is 1.84. The highest BCUT2D eigenvalue weighted by Crippen LogP contribution is 2.22. The minimum atomic E-state index is -4.47. The van der Waals surface area contributed by atoms with Gasteiger partial charge in [-0.15, -0.1) is 0 Å². The normalized spacial score (nSPS) is 14.3. The molecule has 0 radical (unpaired) electrons. The van der Waals surface area contributed by atoms with E-state index in [1.165, 1.54) is 0 Å². The van der Waals surface area contributed by atoms with Crippen molar-refractivity contribution in [1.29, 1.82) is 0 Å². The van der Waals surface area contributed by atoms with Crippen molar-refractivity contribution in [3.63, 3.8) is 0 Å². The zero-order valence-corrected chi connectivity index (χ0v) is 11.6. The van der Waals surface area contributed by atoms with Gasteiger partial charge in [-0.05, 0) is 11.8 Å². The molecule has 0 aliphatic heterocycles. The van der Waals surface area contributed by atoms with E-state index in [1.807, 2.05) is 20.8 Å². The van der Waals surface area contributed by atoms with Crippen LogP contribution in [0.1, 0.15) is 33.6 Å². The molecule has 0 aromatic heterocycles. The third kappa shape index (κ3) is 9.72. The molecule has 3 N–H and O–H groups in total. The van der Waals surface area contributed by atoms with Crippen molar-refractivity contribution in [1.82, 2.24) is 4.90 Å². The zero-order valence-electron chi connectivity index (χ0n) is 11.6. The van der Waals surface area contributed by atoms with E-state index in [0.29, 0.717) is 11.3 Å². The van der Waals surface area contributed by atoms with Gasteiger partial charge in [-0.2, -0.15) is 13.2 Å². The topological polar surface area (TPSA) is 66.6 Å². The number of hydrogen-bond acceptors (Lipinski definition) is 3. The van der Waals surface area contributed by atoms with Crippen LogP contribution in [-0.2, 0) is 4.79 Å². The van der Waals surface area contributed by atoms with E-state index in [0.717, 1.165) is 0 Å². The van der Waals surface area contributed by atoms with E-state index in [9.17, 15) is 18.0 Å². The molecule has 0 saturated carbocycles. The monoisotopic (exact) mass is 284 g/mol. The fourth-order valence-corrected chi connectivity index (χ4v) is 1.84. The Labute approximate surface area is 111 Å².